The Kier molecular flexibility index (Phi) is 4.08. The Hall–Kier alpha value is -3.61. The molecule has 3 N–H and O–H groups in total. The highest BCUT2D eigenvalue weighted by atomic mass is 16.5. The van der Waals surface area contributed by atoms with Gasteiger partial charge < -0.3 is 20.7 Å². The molecule has 0 bridgehead atoms. The second-order valence-corrected chi connectivity index (χ2v) is 7.38. The first-order valence-corrected chi connectivity index (χ1v) is 9.67. The van der Waals surface area contributed by atoms with E-state index in [2.05, 4.69) is 15.3 Å². The summed E-state index contributed by atoms with van der Waals surface area (Å²) in [6, 6.07) is 9.75. The van der Waals surface area contributed by atoms with Gasteiger partial charge in [-0.1, -0.05) is 0 Å². The zero-order chi connectivity index (χ0) is 20.0. The van der Waals surface area contributed by atoms with Crippen molar-refractivity contribution in [1.29, 1.82) is 0 Å². The lowest BCUT2D eigenvalue weighted by Crippen LogP contribution is -2.24. The summed E-state index contributed by atoms with van der Waals surface area (Å²) in [6.07, 6.45) is 6.54. The number of carbonyl (C=O) groups excluding carboxylic acids is 1. The number of hydrogen-bond donors (Lipinski definition) is 2. The maximum absolute atomic E-state index is 12.1. The Labute approximate surface area is 168 Å². The Balaban J connectivity index is 1.48. The van der Waals surface area contributed by atoms with Crippen LogP contribution < -0.4 is 20.7 Å². The van der Waals surface area contributed by atoms with Crippen molar-refractivity contribution in [1.82, 2.24) is 9.97 Å². The van der Waals surface area contributed by atoms with E-state index in [4.69, 9.17) is 10.5 Å². The van der Waals surface area contributed by atoms with Crippen molar-refractivity contribution in [2.24, 2.45) is 0 Å². The first-order chi connectivity index (χ1) is 14.1. The number of rotatable bonds is 3. The van der Waals surface area contributed by atoms with Crippen molar-refractivity contribution in [3.63, 3.8) is 0 Å². The molecular weight excluding hydrogens is 366 g/mol. The molecule has 4 heterocycles. The van der Waals surface area contributed by atoms with Gasteiger partial charge in [-0.25, -0.2) is 4.98 Å². The Bertz CT molecular complexity index is 1110. The average molecular weight is 387 g/mol. The van der Waals surface area contributed by atoms with Gasteiger partial charge in [0.15, 0.2) is 0 Å². The van der Waals surface area contributed by atoms with Crippen LogP contribution in [0.4, 0.5) is 22.9 Å². The van der Waals surface area contributed by atoms with E-state index in [1.54, 1.807) is 12.4 Å². The molecule has 1 saturated heterocycles. The zero-order valence-corrected chi connectivity index (χ0v) is 16.1. The number of anilines is 4. The number of benzene rings is 1. The van der Waals surface area contributed by atoms with Gasteiger partial charge in [0.2, 0.25) is 5.91 Å². The second-order valence-electron chi connectivity index (χ2n) is 7.38. The first kappa shape index (κ1) is 17.5. The number of nitrogens with zero attached hydrogens (tertiary/aromatic N) is 3. The van der Waals surface area contributed by atoms with Crippen LogP contribution in [0.3, 0.4) is 0 Å². The molecule has 2 aliphatic rings. The van der Waals surface area contributed by atoms with E-state index >= 15 is 0 Å². The van der Waals surface area contributed by atoms with Crippen LogP contribution in [0.5, 0.6) is 5.75 Å². The number of hydrogen-bond acceptors (Lipinski definition) is 6. The minimum atomic E-state index is -0.135. The highest BCUT2D eigenvalue weighted by molar-refractivity contribution is 5.96. The molecule has 29 heavy (non-hydrogen) atoms. The predicted molar refractivity (Wildman–Crippen MR) is 112 cm³/mol. The molecule has 0 saturated carbocycles. The third kappa shape index (κ3) is 3.14. The van der Waals surface area contributed by atoms with E-state index in [0.29, 0.717) is 17.9 Å². The minimum Gasteiger partial charge on any atom is -0.485 e. The molecule has 1 fully saturated rings. The van der Waals surface area contributed by atoms with Crippen molar-refractivity contribution in [2.75, 3.05) is 22.5 Å². The van der Waals surface area contributed by atoms with Crippen LogP contribution in [0.25, 0.3) is 11.1 Å². The molecule has 7 heteroatoms. The molecular formula is C22H21N5O2. The molecule has 1 amide bonds. The summed E-state index contributed by atoms with van der Waals surface area (Å²) in [4.78, 5) is 22.6. The van der Waals surface area contributed by atoms with Gasteiger partial charge in [-0.2, -0.15) is 0 Å². The maximum atomic E-state index is 12.1. The fourth-order valence-corrected chi connectivity index (χ4v) is 3.95. The number of nitrogens with one attached hydrogen (secondary N) is 1. The summed E-state index contributed by atoms with van der Waals surface area (Å²) in [7, 11) is 0. The molecule has 146 valence electrons. The average Bonchev–Trinajstić information content (AvgIpc) is 3.14. The van der Waals surface area contributed by atoms with Crippen molar-refractivity contribution >= 4 is 28.8 Å². The lowest BCUT2D eigenvalue weighted by Gasteiger charge is -2.28. The van der Waals surface area contributed by atoms with Crippen LogP contribution in [-0.4, -0.2) is 22.4 Å². The summed E-state index contributed by atoms with van der Waals surface area (Å²) >= 11 is 0. The van der Waals surface area contributed by atoms with E-state index in [1.807, 2.05) is 48.4 Å². The largest absolute Gasteiger partial charge is 0.485 e. The number of pyridine rings is 2. The van der Waals surface area contributed by atoms with Crippen LogP contribution in [0.2, 0.25) is 0 Å². The fourth-order valence-electron chi connectivity index (χ4n) is 3.95. The van der Waals surface area contributed by atoms with Gasteiger partial charge in [0.1, 0.15) is 17.7 Å². The molecule has 3 aromatic rings. The van der Waals surface area contributed by atoms with Crippen LogP contribution in [0.15, 0.2) is 48.9 Å². The third-order valence-electron chi connectivity index (χ3n) is 5.35. The van der Waals surface area contributed by atoms with E-state index in [9.17, 15) is 4.79 Å². The van der Waals surface area contributed by atoms with E-state index < -0.39 is 0 Å². The number of amides is 1. The standard InChI is InChI=1S/C22H21N5O2/c1-13-18-9-21(26-15-7-14(23)10-24-11-15)25-12-19(18)17-5-4-16(8-20(17)29-13)27-6-2-3-22(27)28/h4-5,7-13H,2-3,6,23H2,1H3,(H,25,26). The molecule has 0 aliphatic carbocycles. The molecule has 1 atom stereocenters. The van der Waals surface area contributed by atoms with Crippen LogP contribution in [0, 0.1) is 0 Å². The number of carbonyl (C=O) groups is 1. The first-order valence-electron chi connectivity index (χ1n) is 9.67. The van der Waals surface area contributed by atoms with Gasteiger partial charge in [-0.15, -0.1) is 0 Å². The third-order valence-corrected chi connectivity index (χ3v) is 5.35. The van der Waals surface area contributed by atoms with E-state index in [0.717, 1.165) is 46.8 Å². The van der Waals surface area contributed by atoms with Gasteiger partial charge in [0.05, 0.1) is 17.6 Å². The fraction of sp³-hybridized carbons (Fsp3) is 0.227. The lowest BCUT2D eigenvalue weighted by atomic mass is 9.94. The van der Waals surface area contributed by atoms with Gasteiger partial charge >= 0.3 is 0 Å². The van der Waals surface area contributed by atoms with Gasteiger partial charge in [0, 0.05) is 53.8 Å². The Morgan fingerprint density at radius 1 is 1.17 bits per heavy atom. The van der Waals surface area contributed by atoms with Crippen molar-refractivity contribution in [3.05, 3.63) is 54.5 Å². The highest BCUT2D eigenvalue weighted by Gasteiger charge is 2.27. The monoisotopic (exact) mass is 387 g/mol. The summed E-state index contributed by atoms with van der Waals surface area (Å²) < 4.78 is 6.19. The predicted octanol–water partition coefficient (Wildman–Crippen LogP) is 4.05. The lowest BCUT2D eigenvalue weighted by molar-refractivity contribution is -0.117. The maximum Gasteiger partial charge on any atom is 0.227 e. The van der Waals surface area contributed by atoms with E-state index in [1.165, 1.54) is 0 Å². The van der Waals surface area contributed by atoms with Crippen LogP contribution in [-0.2, 0) is 4.79 Å². The van der Waals surface area contributed by atoms with Crippen molar-refractivity contribution < 1.29 is 9.53 Å². The van der Waals surface area contributed by atoms with E-state index in [-0.39, 0.29) is 12.0 Å². The van der Waals surface area contributed by atoms with Gasteiger partial charge in [-0.3, -0.25) is 9.78 Å². The van der Waals surface area contributed by atoms with Gasteiger partial charge in [0.25, 0.3) is 0 Å². The Morgan fingerprint density at radius 3 is 2.86 bits per heavy atom. The van der Waals surface area contributed by atoms with Crippen molar-refractivity contribution in [2.45, 2.75) is 25.9 Å². The smallest absolute Gasteiger partial charge is 0.227 e. The van der Waals surface area contributed by atoms with Gasteiger partial charge in [-0.05, 0) is 37.6 Å². The number of nitrogens with two attached hydrogens (primary N) is 1. The molecule has 0 radical (unpaired) electrons. The number of ether oxygens (including phenoxy) is 1. The number of aromatic nitrogens is 2. The topological polar surface area (TPSA) is 93.4 Å². The molecule has 0 spiro atoms. The molecule has 2 aromatic heterocycles. The normalized spacial score (nSPS) is 17.5. The zero-order valence-electron chi connectivity index (χ0n) is 16.1. The number of nitrogen functional groups attached to an aromatic ring is 1. The Morgan fingerprint density at radius 2 is 2.07 bits per heavy atom. The van der Waals surface area contributed by atoms with Crippen molar-refractivity contribution in [3.8, 4) is 16.9 Å². The molecule has 7 nitrogen and oxygen atoms in total. The molecule has 1 aromatic carbocycles. The summed E-state index contributed by atoms with van der Waals surface area (Å²) in [5.74, 6) is 1.65. The van der Waals surface area contributed by atoms with Crippen LogP contribution >= 0.6 is 0 Å². The van der Waals surface area contributed by atoms with Crippen LogP contribution in [0.1, 0.15) is 31.4 Å². The summed E-state index contributed by atoms with van der Waals surface area (Å²) in [5, 5.41) is 3.24. The molecule has 5 rings (SSSR count). The highest BCUT2D eigenvalue weighted by Crippen LogP contribution is 2.44. The summed E-state index contributed by atoms with van der Waals surface area (Å²) in [5.41, 5.74) is 11.1. The second kappa shape index (κ2) is 6.77. The molecule has 1 unspecified atom stereocenters. The number of fused-ring (bicyclic) bond motifs is 3. The summed E-state index contributed by atoms with van der Waals surface area (Å²) in [6.45, 7) is 2.78. The quantitative estimate of drug-likeness (QED) is 0.704. The minimum absolute atomic E-state index is 0.135. The molecule has 2 aliphatic heterocycles. The SMILES string of the molecule is CC1Oc2cc(N3CCCC3=O)ccc2-c2cnc(Nc3cncc(N)c3)cc21.